The van der Waals surface area contributed by atoms with Gasteiger partial charge in [0.25, 0.3) is 0 Å². The van der Waals surface area contributed by atoms with E-state index in [1.54, 1.807) is 0 Å². The smallest absolute Gasteiger partial charge is 0.0619 e. The largest absolute Gasteiger partial charge is 0.309 e. The molecule has 9 rings (SSSR count). The van der Waals surface area contributed by atoms with E-state index in [0.717, 1.165) is 11.1 Å². The maximum absolute atomic E-state index is 4.48. The zero-order valence-electron chi connectivity index (χ0n) is 21.6. The van der Waals surface area contributed by atoms with Gasteiger partial charge in [0.1, 0.15) is 0 Å². The molecule has 6 aromatic carbocycles. The van der Waals surface area contributed by atoms with Gasteiger partial charge in [-0.05, 0) is 53.2 Å². The van der Waals surface area contributed by atoms with Crippen LogP contribution >= 0.6 is 0 Å². The zero-order chi connectivity index (χ0) is 26.2. The normalized spacial score (nSPS) is 12.0. The van der Waals surface area contributed by atoms with Crippen LogP contribution in [0.3, 0.4) is 0 Å². The van der Waals surface area contributed by atoms with Crippen LogP contribution in [0.1, 0.15) is 0 Å². The number of rotatable bonds is 2. The standard InChI is InChI=1S/C37H23N3/c1-2-11-26(12-3-1)39-35-21-30-28-14-6-7-15-33(28)40(34-16-8-10-25-19-20-38-23-32(25)34)36(30)22-31(35)29-18-17-24-9-4-5-13-27(24)37(29)39/h1-23H. The molecule has 0 atom stereocenters. The van der Waals surface area contributed by atoms with Gasteiger partial charge >= 0.3 is 0 Å². The van der Waals surface area contributed by atoms with Gasteiger partial charge in [-0.15, -0.1) is 0 Å². The molecule has 0 saturated heterocycles. The minimum atomic E-state index is 1.14. The fraction of sp³-hybridized carbons (Fsp3) is 0. The lowest BCUT2D eigenvalue weighted by Gasteiger charge is -2.11. The van der Waals surface area contributed by atoms with Crippen LogP contribution in [0, 0.1) is 0 Å². The average molecular weight is 510 g/mol. The summed E-state index contributed by atoms with van der Waals surface area (Å²) in [6, 6.07) is 46.1. The summed E-state index contributed by atoms with van der Waals surface area (Å²) < 4.78 is 4.86. The lowest BCUT2D eigenvalue weighted by atomic mass is 10.0. The Morgan fingerprint density at radius 1 is 0.425 bits per heavy atom. The molecule has 3 nitrogen and oxygen atoms in total. The van der Waals surface area contributed by atoms with Crippen LogP contribution < -0.4 is 0 Å². The molecule has 3 aromatic heterocycles. The summed E-state index contributed by atoms with van der Waals surface area (Å²) in [6.45, 7) is 0. The molecule has 3 heteroatoms. The van der Waals surface area contributed by atoms with Crippen molar-refractivity contribution in [3.63, 3.8) is 0 Å². The van der Waals surface area contributed by atoms with Crippen molar-refractivity contribution >= 4 is 65.2 Å². The molecule has 9 aromatic rings. The second-order valence-corrected chi connectivity index (χ2v) is 10.5. The zero-order valence-corrected chi connectivity index (χ0v) is 21.6. The quantitative estimate of drug-likeness (QED) is 0.227. The van der Waals surface area contributed by atoms with Gasteiger partial charge in [-0.3, -0.25) is 4.98 Å². The van der Waals surface area contributed by atoms with Gasteiger partial charge in [0.05, 0.1) is 27.8 Å². The topological polar surface area (TPSA) is 22.8 Å². The maximum Gasteiger partial charge on any atom is 0.0619 e. The number of hydrogen-bond acceptors (Lipinski definition) is 1. The monoisotopic (exact) mass is 509 g/mol. The van der Waals surface area contributed by atoms with E-state index in [-0.39, 0.29) is 0 Å². The highest BCUT2D eigenvalue weighted by Gasteiger charge is 2.20. The van der Waals surface area contributed by atoms with Crippen molar-refractivity contribution in [2.24, 2.45) is 0 Å². The second kappa shape index (κ2) is 8.05. The minimum absolute atomic E-state index is 1.14. The van der Waals surface area contributed by atoms with E-state index in [4.69, 9.17) is 0 Å². The first-order valence-corrected chi connectivity index (χ1v) is 13.6. The molecule has 0 spiro atoms. The fourth-order valence-corrected chi connectivity index (χ4v) is 6.64. The number of hydrogen-bond donors (Lipinski definition) is 0. The first kappa shape index (κ1) is 21.5. The average Bonchev–Trinajstić information content (AvgIpc) is 3.52. The molecule has 0 N–H and O–H groups in total. The Balaban J connectivity index is 1.51. The minimum Gasteiger partial charge on any atom is -0.309 e. The molecule has 0 bridgehead atoms. The van der Waals surface area contributed by atoms with Gasteiger partial charge in [0.2, 0.25) is 0 Å². The number of nitrogens with zero attached hydrogens (tertiary/aromatic N) is 3. The third kappa shape index (κ3) is 2.86. The van der Waals surface area contributed by atoms with Crippen molar-refractivity contribution in [1.29, 1.82) is 0 Å². The van der Waals surface area contributed by atoms with Gasteiger partial charge < -0.3 is 9.13 Å². The molecule has 0 radical (unpaired) electrons. The molecule has 0 aliphatic carbocycles. The lowest BCUT2D eigenvalue weighted by molar-refractivity contribution is 1.18. The number of fused-ring (bicyclic) bond motifs is 9. The molecular weight excluding hydrogens is 486 g/mol. The van der Waals surface area contributed by atoms with Gasteiger partial charge in [-0.2, -0.15) is 0 Å². The molecule has 40 heavy (non-hydrogen) atoms. The Bertz CT molecular complexity index is 2420. The van der Waals surface area contributed by atoms with Crippen molar-refractivity contribution in [3.05, 3.63) is 140 Å². The first-order chi connectivity index (χ1) is 19.9. The van der Waals surface area contributed by atoms with Crippen molar-refractivity contribution < 1.29 is 0 Å². The van der Waals surface area contributed by atoms with Crippen LogP contribution in [0.4, 0.5) is 0 Å². The molecule has 0 unspecified atom stereocenters. The Morgan fingerprint density at radius 2 is 1.12 bits per heavy atom. The molecule has 186 valence electrons. The molecule has 0 amide bonds. The van der Waals surface area contributed by atoms with E-state index in [1.165, 1.54) is 65.5 Å². The van der Waals surface area contributed by atoms with Crippen LogP contribution in [0.25, 0.3) is 76.5 Å². The summed E-state index contributed by atoms with van der Waals surface area (Å²) in [5.41, 5.74) is 7.17. The highest BCUT2D eigenvalue weighted by molar-refractivity contribution is 6.23. The van der Waals surface area contributed by atoms with Crippen molar-refractivity contribution in [2.45, 2.75) is 0 Å². The fourth-order valence-electron chi connectivity index (χ4n) is 6.64. The molecule has 3 heterocycles. The highest BCUT2D eigenvalue weighted by Crippen LogP contribution is 2.42. The van der Waals surface area contributed by atoms with E-state index in [9.17, 15) is 0 Å². The van der Waals surface area contributed by atoms with E-state index in [0.29, 0.717) is 0 Å². The molecule has 0 aliphatic rings. The van der Waals surface area contributed by atoms with Gasteiger partial charge in [-0.1, -0.05) is 84.9 Å². The van der Waals surface area contributed by atoms with E-state index in [1.807, 2.05) is 12.4 Å². The summed E-state index contributed by atoms with van der Waals surface area (Å²) >= 11 is 0. The van der Waals surface area contributed by atoms with Crippen molar-refractivity contribution in [3.8, 4) is 11.4 Å². The second-order valence-electron chi connectivity index (χ2n) is 10.5. The third-order valence-electron chi connectivity index (χ3n) is 8.36. The lowest BCUT2D eigenvalue weighted by Crippen LogP contribution is -1.96. The first-order valence-electron chi connectivity index (χ1n) is 13.6. The van der Waals surface area contributed by atoms with Crippen LogP contribution in [-0.4, -0.2) is 14.1 Å². The summed E-state index contributed by atoms with van der Waals surface area (Å²) in [5.74, 6) is 0. The summed E-state index contributed by atoms with van der Waals surface area (Å²) in [7, 11) is 0. The predicted molar refractivity (Wildman–Crippen MR) is 168 cm³/mol. The summed E-state index contributed by atoms with van der Waals surface area (Å²) in [5, 5.41) is 9.84. The Hall–Kier alpha value is -5.41. The molecule has 0 fully saturated rings. The van der Waals surface area contributed by atoms with E-state index in [2.05, 4.69) is 142 Å². The summed E-state index contributed by atoms with van der Waals surface area (Å²) in [6.07, 6.45) is 3.85. The van der Waals surface area contributed by atoms with Gasteiger partial charge in [0, 0.05) is 50.4 Å². The Labute approximate surface area is 230 Å². The van der Waals surface area contributed by atoms with Crippen LogP contribution in [0.15, 0.2) is 140 Å². The maximum atomic E-state index is 4.48. The van der Waals surface area contributed by atoms with Gasteiger partial charge in [0.15, 0.2) is 0 Å². The highest BCUT2D eigenvalue weighted by atomic mass is 15.0. The molecule has 0 saturated carbocycles. The van der Waals surface area contributed by atoms with E-state index >= 15 is 0 Å². The van der Waals surface area contributed by atoms with Crippen LogP contribution in [-0.2, 0) is 0 Å². The van der Waals surface area contributed by atoms with Crippen LogP contribution in [0.5, 0.6) is 0 Å². The van der Waals surface area contributed by atoms with E-state index < -0.39 is 0 Å². The van der Waals surface area contributed by atoms with Crippen molar-refractivity contribution in [1.82, 2.24) is 14.1 Å². The number of pyridine rings is 1. The number of para-hydroxylation sites is 2. The Kier molecular flexibility index (Phi) is 4.33. The summed E-state index contributed by atoms with van der Waals surface area (Å²) in [4.78, 5) is 4.48. The Morgan fingerprint density at radius 3 is 2.02 bits per heavy atom. The van der Waals surface area contributed by atoms with Crippen molar-refractivity contribution in [2.75, 3.05) is 0 Å². The molecule has 0 aliphatic heterocycles. The third-order valence-corrected chi connectivity index (χ3v) is 8.36. The molecular formula is C37H23N3. The SMILES string of the molecule is c1ccc(-n2c3cc4c5ccccc5n(-c5cccc6ccncc56)c4cc3c3ccc4ccccc4c32)cc1. The predicted octanol–water partition coefficient (Wildman–Crippen LogP) is 9.58. The number of aromatic nitrogens is 3. The van der Waals surface area contributed by atoms with Gasteiger partial charge in [-0.25, -0.2) is 0 Å². The number of benzene rings is 6. The van der Waals surface area contributed by atoms with Crippen LogP contribution in [0.2, 0.25) is 0 Å².